The summed E-state index contributed by atoms with van der Waals surface area (Å²) in [6, 6.07) is 9.44. The van der Waals surface area contributed by atoms with Crippen molar-refractivity contribution in [2.75, 3.05) is 20.8 Å². The highest BCUT2D eigenvalue weighted by atomic mass is 35.5. The molecule has 0 amide bonds. The number of nitrogens with one attached hydrogen (secondary N) is 1. The Morgan fingerprint density at radius 1 is 0.962 bits per heavy atom. The first kappa shape index (κ1) is 18.9. The van der Waals surface area contributed by atoms with Crippen molar-refractivity contribution in [3.05, 3.63) is 45.9 Å². The van der Waals surface area contributed by atoms with Crippen LogP contribution in [0.4, 0.5) is 0 Å². The van der Waals surface area contributed by atoms with Gasteiger partial charge in [-0.05, 0) is 55.6 Å². The predicted octanol–water partition coefficient (Wildman–Crippen LogP) is 5.44. The Morgan fingerprint density at radius 3 is 2.23 bits per heavy atom. The first-order valence-electron chi connectivity index (χ1n) is 8.51. The SMILES string of the molecule is COc1cc(OC)cc(-c2[nH]c3c(Cl)ccc(Cl)c3c2CCCCN)c1. The minimum atomic E-state index is 0.644. The summed E-state index contributed by atoms with van der Waals surface area (Å²) >= 11 is 12.9. The first-order valence-corrected chi connectivity index (χ1v) is 9.26. The molecule has 3 aromatic rings. The van der Waals surface area contributed by atoms with Gasteiger partial charge in [0, 0.05) is 17.0 Å². The zero-order valence-corrected chi connectivity index (χ0v) is 16.4. The Bertz CT molecular complexity index is 900. The van der Waals surface area contributed by atoms with E-state index in [2.05, 4.69) is 4.98 Å². The molecule has 0 spiro atoms. The quantitative estimate of drug-likeness (QED) is 0.526. The minimum absolute atomic E-state index is 0.644. The summed E-state index contributed by atoms with van der Waals surface area (Å²) in [5.74, 6) is 1.45. The molecule has 0 saturated carbocycles. The maximum absolute atomic E-state index is 6.51. The van der Waals surface area contributed by atoms with E-state index in [9.17, 15) is 0 Å². The van der Waals surface area contributed by atoms with Crippen molar-refractivity contribution >= 4 is 34.1 Å². The van der Waals surface area contributed by atoms with Crippen LogP contribution in [0.5, 0.6) is 11.5 Å². The van der Waals surface area contributed by atoms with Crippen LogP contribution in [-0.2, 0) is 6.42 Å². The van der Waals surface area contributed by atoms with Crippen molar-refractivity contribution in [3.63, 3.8) is 0 Å². The highest BCUT2D eigenvalue weighted by Gasteiger charge is 2.18. The lowest BCUT2D eigenvalue weighted by atomic mass is 10.00. The number of hydrogen-bond donors (Lipinski definition) is 2. The van der Waals surface area contributed by atoms with Crippen LogP contribution in [0.25, 0.3) is 22.2 Å². The lowest BCUT2D eigenvalue weighted by molar-refractivity contribution is 0.394. The fourth-order valence-corrected chi connectivity index (χ4v) is 3.67. The molecule has 2 aromatic carbocycles. The molecule has 1 heterocycles. The Labute approximate surface area is 163 Å². The Kier molecular flexibility index (Phi) is 5.97. The molecule has 0 atom stereocenters. The number of aromatic nitrogens is 1. The maximum atomic E-state index is 6.51. The average Bonchev–Trinajstić information content (AvgIpc) is 3.05. The molecular formula is C20H22Cl2N2O2. The van der Waals surface area contributed by atoms with Crippen molar-refractivity contribution in [2.24, 2.45) is 5.73 Å². The normalized spacial score (nSPS) is 11.1. The summed E-state index contributed by atoms with van der Waals surface area (Å²) in [6.07, 6.45) is 2.78. The molecule has 138 valence electrons. The van der Waals surface area contributed by atoms with E-state index in [0.717, 1.165) is 58.5 Å². The van der Waals surface area contributed by atoms with Gasteiger partial charge in [-0.1, -0.05) is 23.2 Å². The number of aryl methyl sites for hydroxylation is 1. The van der Waals surface area contributed by atoms with Crippen LogP contribution in [0.2, 0.25) is 10.0 Å². The maximum Gasteiger partial charge on any atom is 0.123 e. The third-order valence-corrected chi connectivity index (χ3v) is 5.11. The van der Waals surface area contributed by atoms with Crippen LogP contribution in [0, 0.1) is 0 Å². The van der Waals surface area contributed by atoms with Crippen molar-refractivity contribution in [3.8, 4) is 22.8 Å². The number of unbranched alkanes of at least 4 members (excludes halogenated alkanes) is 1. The van der Waals surface area contributed by atoms with Crippen molar-refractivity contribution in [1.82, 2.24) is 4.98 Å². The summed E-state index contributed by atoms with van der Waals surface area (Å²) in [7, 11) is 3.28. The average molecular weight is 393 g/mol. The molecule has 0 bridgehead atoms. The number of halogens is 2. The van der Waals surface area contributed by atoms with Gasteiger partial charge < -0.3 is 20.2 Å². The number of ether oxygens (including phenoxy) is 2. The zero-order chi connectivity index (χ0) is 18.7. The molecule has 6 heteroatoms. The van der Waals surface area contributed by atoms with E-state index in [0.29, 0.717) is 16.6 Å². The molecule has 4 nitrogen and oxygen atoms in total. The van der Waals surface area contributed by atoms with E-state index < -0.39 is 0 Å². The van der Waals surface area contributed by atoms with Crippen LogP contribution in [0.15, 0.2) is 30.3 Å². The van der Waals surface area contributed by atoms with Gasteiger partial charge in [0.15, 0.2) is 0 Å². The number of rotatable bonds is 7. The Hall–Kier alpha value is -1.88. The minimum Gasteiger partial charge on any atom is -0.497 e. The summed E-state index contributed by atoms with van der Waals surface area (Å²) in [5.41, 5.74) is 9.59. The fourth-order valence-electron chi connectivity index (χ4n) is 3.19. The predicted molar refractivity (Wildman–Crippen MR) is 109 cm³/mol. The third kappa shape index (κ3) is 3.63. The summed E-state index contributed by atoms with van der Waals surface area (Å²) in [4.78, 5) is 3.46. The van der Waals surface area contributed by atoms with Crippen molar-refractivity contribution in [1.29, 1.82) is 0 Å². The zero-order valence-electron chi connectivity index (χ0n) is 14.9. The monoisotopic (exact) mass is 392 g/mol. The van der Waals surface area contributed by atoms with E-state index in [4.69, 9.17) is 38.4 Å². The van der Waals surface area contributed by atoms with Crippen molar-refractivity contribution in [2.45, 2.75) is 19.3 Å². The molecular weight excluding hydrogens is 371 g/mol. The van der Waals surface area contributed by atoms with Gasteiger partial charge in [-0.15, -0.1) is 0 Å². The van der Waals surface area contributed by atoms with Crippen LogP contribution in [0.1, 0.15) is 18.4 Å². The van der Waals surface area contributed by atoms with Crippen LogP contribution in [0.3, 0.4) is 0 Å². The van der Waals surface area contributed by atoms with Crippen molar-refractivity contribution < 1.29 is 9.47 Å². The number of aromatic amines is 1. The molecule has 0 radical (unpaired) electrons. The second-order valence-corrected chi connectivity index (χ2v) is 6.92. The third-order valence-electron chi connectivity index (χ3n) is 4.48. The van der Waals surface area contributed by atoms with Gasteiger partial charge in [-0.2, -0.15) is 0 Å². The van der Waals surface area contributed by atoms with Gasteiger partial charge in [0.2, 0.25) is 0 Å². The molecule has 0 aliphatic carbocycles. The molecule has 0 fully saturated rings. The number of fused-ring (bicyclic) bond motifs is 1. The smallest absolute Gasteiger partial charge is 0.123 e. The number of methoxy groups -OCH3 is 2. The molecule has 0 unspecified atom stereocenters. The lowest BCUT2D eigenvalue weighted by Crippen LogP contribution is -1.99. The topological polar surface area (TPSA) is 60.3 Å². The van der Waals surface area contributed by atoms with Crippen LogP contribution in [-0.4, -0.2) is 25.7 Å². The van der Waals surface area contributed by atoms with E-state index >= 15 is 0 Å². The Balaban J connectivity index is 2.23. The molecule has 0 saturated heterocycles. The largest absolute Gasteiger partial charge is 0.497 e. The highest BCUT2D eigenvalue weighted by Crippen LogP contribution is 2.40. The summed E-state index contributed by atoms with van der Waals surface area (Å²) < 4.78 is 10.8. The van der Waals surface area contributed by atoms with Crippen LogP contribution >= 0.6 is 23.2 Å². The van der Waals surface area contributed by atoms with Gasteiger partial charge in [-0.25, -0.2) is 0 Å². The standard InChI is InChI=1S/C20H22Cl2N2O2/c1-25-13-9-12(10-14(11-13)26-2)19-15(5-3-4-8-23)18-16(21)6-7-17(22)20(18)24-19/h6-7,9-11,24H,3-5,8,23H2,1-2H3. The number of H-pyrrole nitrogens is 1. The molecule has 0 aliphatic heterocycles. The number of benzene rings is 2. The van der Waals surface area contributed by atoms with Gasteiger partial charge in [0.25, 0.3) is 0 Å². The van der Waals surface area contributed by atoms with E-state index in [-0.39, 0.29) is 0 Å². The molecule has 26 heavy (non-hydrogen) atoms. The second-order valence-electron chi connectivity index (χ2n) is 6.10. The fraction of sp³-hybridized carbons (Fsp3) is 0.300. The summed E-state index contributed by atoms with van der Waals surface area (Å²) in [6.45, 7) is 0.666. The van der Waals surface area contributed by atoms with Gasteiger partial charge in [0.05, 0.1) is 35.5 Å². The number of nitrogens with two attached hydrogens (primary N) is 1. The molecule has 1 aromatic heterocycles. The molecule has 3 N–H and O–H groups in total. The van der Waals surface area contributed by atoms with Crippen LogP contribution < -0.4 is 15.2 Å². The Morgan fingerprint density at radius 2 is 1.62 bits per heavy atom. The number of hydrogen-bond acceptors (Lipinski definition) is 3. The van der Waals surface area contributed by atoms with Gasteiger partial charge in [-0.3, -0.25) is 0 Å². The van der Waals surface area contributed by atoms with E-state index in [1.165, 1.54) is 0 Å². The lowest BCUT2D eigenvalue weighted by Gasteiger charge is -2.10. The first-order chi connectivity index (χ1) is 12.6. The molecule has 3 rings (SSSR count). The highest BCUT2D eigenvalue weighted by molar-refractivity contribution is 6.40. The second kappa shape index (κ2) is 8.21. The van der Waals surface area contributed by atoms with Gasteiger partial charge in [0.1, 0.15) is 11.5 Å². The summed E-state index contributed by atoms with van der Waals surface area (Å²) in [5, 5.41) is 2.29. The van der Waals surface area contributed by atoms with E-state index in [1.807, 2.05) is 30.3 Å². The van der Waals surface area contributed by atoms with Gasteiger partial charge >= 0.3 is 0 Å². The molecule has 0 aliphatic rings. The van der Waals surface area contributed by atoms with E-state index in [1.54, 1.807) is 14.2 Å².